The van der Waals surface area contributed by atoms with E-state index in [1.165, 1.54) is 0 Å². The Bertz CT molecular complexity index is 640. The molecule has 0 bridgehead atoms. The van der Waals surface area contributed by atoms with Crippen molar-refractivity contribution in [1.82, 2.24) is 10.2 Å². The molecule has 0 saturated carbocycles. The van der Waals surface area contributed by atoms with Crippen LogP contribution in [0, 0.1) is 11.8 Å². The first-order valence-electron chi connectivity index (χ1n) is 10.4. The van der Waals surface area contributed by atoms with Gasteiger partial charge in [-0.3, -0.25) is 10.1 Å². The number of carbonyl (C=O) groups excluding carboxylic acids is 2. The average molecular weight is 390 g/mol. The number of methoxy groups -OCH3 is 1. The van der Waals surface area contributed by atoms with Crippen LogP contribution in [0.4, 0.5) is 10.5 Å². The van der Waals surface area contributed by atoms with Gasteiger partial charge in [0, 0.05) is 43.9 Å². The normalized spacial score (nSPS) is 15.5. The molecular weight excluding hydrogens is 354 g/mol. The molecule has 3 amide bonds. The van der Waals surface area contributed by atoms with Gasteiger partial charge in [-0.1, -0.05) is 39.7 Å². The van der Waals surface area contributed by atoms with E-state index in [1.54, 1.807) is 12.0 Å². The van der Waals surface area contributed by atoms with E-state index in [2.05, 4.69) is 31.0 Å². The molecule has 1 atom stereocenters. The van der Waals surface area contributed by atoms with E-state index < -0.39 is 0 Å². The highest BCUT2D eigenvalue weighted by Crippen LogP contribution is 2.22. The molecule has 0 aromatic heterocycles. The van der Waals surface area contributed by atoms with Crippen molar-refractivity contribution in [2.75, 3.05) is 38.2 Å². The van der Waals surface area contributed by atoms with Gasteiger partial charge in [-0.25, -0.2) is 4.79 Å². The van der Waals surface area contributed by atoms with Gasteiger partial charge in [0.05, 0.1) is 7.11 Å². The predicted octanol–water partition coefficient (Wildman–Crippen LogP) is 3.91. The summed E-state index contributed by atoms with van der Waals surface area (Å²) in [7, 11) is 1.66. The molecule has 6 heteroatoms. The standard InChI is InChI=1S/C22H35N3O3/c1-5-7-18(11-10-17(2)3)21(26)23-22(27)25-14-12-24(13-15-25)19-8-6-9-20(16-19)28-4/h6,8-9,16-18H,5,7,10-15H2,1-4H3,(H,23,26,27)/t18-/m0/s1. The molecule has 1 fully saturated rings. The zero-order chi connectivity index (χ0) is 20.5. The van der Waals surface area contributed by atoms with Gasteiger partial charge < -0.3 is 14.5 Å². The minimum absolute atomic E-state index is 0.0746. The number of rotatable bonds is 8. The zero-order valence-electron chi connectivity index (χ0n) is 17.7. The fourth-order valence-electron chi connectivity index (χ4n) is 3.55. The van der Waals surface area contributed by atoms with E-state index in [4.69, 9.17) is 4.74 Å². The summed E-state index contributed by atoms with van der Waals surface area (Å²) < 4.78 is 5.29. The number of nitrogens with zero attached hydrogens (tertiary/aromatic N) is 2. The van der Waals surface area contributed by atoms with E-state index in [0.29, 0.717) is 19.0 Å². The van der Waals surface area contributed by atoms with Crippen molar-refractivity contribution < 1.29 is 14.3 Å². The van der Waals surface area contributed by atoms with Crippen molar-refractivity contribution in [3.05, 3.63) is 24.3 Å². The van der Waals surface area contributed by atoms with Crippen molar-refractivity contribution in [2.24, 2.45) is 11.8 Å². The number of piperazine rings is 1. The Morgan fingerprint density at radius 2 is 1.82 bits per heavy atom. The third-order valence-electron chi connectivity index (χ3n) is 5.32. The van der Waals surface area contributed by atoms with Crippen LogP contribution >= 0.6 is 0 Å². The lowest BCUT2D eigenvalue weighted by atomic mass is 9.93. The summed E-state index contributed by atoms with van der Waals surface area (Å²) in [5, 5.41) is 2.64. The average Bonchev–Trinajstić information content (AvgIpc) is 2.71. The van der Waals surface area contributed by atoms with Gasteiger partial charge in [-0.2, -0.15) is 0 Å². The van der Waals surface area contributed by atoms with Crippen molar-refractivity contribution in [3.63, 3.8) is 0 Å². The number of benzene rings is 1. The van der Waals surface area contributed by atoms with Crippen LogP contribution in [0.25, 0.3) is 0 Å². The Hall–Kier alpha value is -2.24. The summed E-state index contributed by atoms with van der Waals surface area (Å²) in [6.07, 6.45) is 3.62. The number of anilines is 1. The van der Waals surface area contributed by atoms with E-state index in [9.17, 15) is 9.59 Å². The minimum Gasteiger partial charge on any atom is -0.497 e. The molecule has 1 heterocycles. The van der Waals surface area contributed by atoms with Gasteiger partial charge in [-0.15, -0.1) is 0 Å². The Morgan fingerprint density at radius 3 is 2.43 bits per heavy atom. The van der Waals surface area contributed by atoms with Gasteiger partial charge in [0.15, 0.2) is 0 Å². The first kappa shape index (κ1) is 22.1. The fourth-order valence-corrected chi connectivity index (χ4v) is 3.55. The van der Waals surface area contributed by atoms with Gasteiger partial charge >= 0.3 is 6.03 Å². The number of ether oxygens (including phenoxy) is 1. The lowest BCUT2D eigenvalue weighted by Crippen LogP contribution is -2.53. The Kier molecular flexibility index (Phi) is 8.61. The highest BCUT2D eigenvalue weighted by Gasteiger charge is 2.25. The molecule has 28 heavy (non-hydrogen) atoms. The molecule has 156 valence electrons. The molecule has 1 aromatic carbocycles. The molecule has 1 aliphatic rings. The van der Waals surface area contributed by atoms with Crippen LogP contribution in [-0.2, 0) is 4.79 Å². The molecule has 1 N–H and O–H groups in total. The van der Waals surface area contributed by atoms with Crippen LogP contribution in [0.5, 0.6) is 5.75 Å². The van der Waals surface area contributed by atoms with Crippen LogP contribution in [0.3, 0.4) is 0 Å². The second-order valence-electron chi connectivity index (χ2n) is 7.93. The van der Waals surface area contributed by atoms with Gasteiger partial charge in [-0.05, 0) is 30.9 Å². The Balaban J connectivity index is 1.85. The SMILES string of the molecule is CCC[C@@H](CCC(C)C)C(=O)NC(=O)N1CCN(c2cccc(OC)c2)CC1. The van der Waals surface area contributed by atoms with Crippen molar-refractivity contribution >= 4 is 17.6 Å². The maximum Gasteiger partial charge on any atom is 0.324 e. The molecule has 1 saturated heterocycles. The number of imide groups is 1. The molecule has 2 rings (SSSR count). The second kappa shape index (κ2) is 10.9. The van der Waals surface area contributed by atoms with Gasteiger partial charge in [0.25, 0.3) is 0 Å². The largest absolute Gasteiger partial charge is 0.497 e. The first-order chi connectivity index (χ1) is 13.4. The quantitative estimate of drug-likeness (QED) is 0.732. The summed E-state index contributed by atoms with van der Waals surface area (Å²) in [5.74, 6) is 1.19. The third kappa shape index (κ3) is 6.43. The molecule has 6 nitrogen and oxygen atoms in total. The number of hydrogen-bond donors (Lipinski definition) is 1. The lowest BCUT2D eigenvalue weighted by Gasteiger charge is -2.36. The lowest BCUT2D eigenvalue weighted by molar-refractivity contribution is -0.124. The van der Waals surface area contributed by atoms with Crippen LogP contribution in [0.1, 0.15) is 46.5 Å². The monoisotopic (exact) mass is 389 g/mol. The second-order valence-corrected chi connectivity index (χ2v) is 7.93. The molecule has 0 spiro atoms. The molecule has 0 aliphatic carbocycles. The zero-order valence-corrected chi connectivity index (χ0v) is 17.7. The van der Waals surface area contributed by atoms with Crippen LogP contribution in [0.2, 0.25) is 0 Å². The fraction of sp³-hybridized carbons (Fsp3) is 0.636. The summed E-state index contributed by atoms with van der Waals surface area (Å²) in [4.78, 5) is 29.1. The Morgan fingerprint density at radius 1 is 1.11 bits per heavy atom. The number of amides is 3. The summed E-state index contributed by atoms with van der Waals surface area (Å²) in [6.45, 7) is 9.07. The van der Waals surface area contributed by atoms with Gasteiger partial charge in [0.1, 0.15) is 5.75 Å². The molecule has 1 aliphatic heterocycles. The van der Waals surface area contributed by atoms with Crippen LogP contribution < -0.4 is 15.0 Å². The topological polar surface area (TPSA) is 61.9 Å². The molecule has 0 radical (unpaired) electrons. The molecule has 0 unspecified atom stereocenters. The van der Waals surface area contributed by atoms with E-state index in [0.717, 1.165) is 50.2 Å². The maximum absolute atomic E-state index is 12.6. The first-order valence-corrected chi connectivity index (χ1v) is 10.4. The highest BCUT2D eigenvalue weighted by atomic mass is 16.5. The summed E-state index contributed by atoms with van der Waals surface area (Å²) in [6, 6.07) is 7.68. The smallest absolute Gasteiger partial charge is 0.324 e. The van der Waals surface area contributed by atoms with Crippen molar-refractivity contribution in [2.45, 2.75) is 46.5 Å². The van der Waals surface area contributed by atoms with Gasteiger partial charge in [0.2, 0.25) is 5.91 Å². The molecular formula is C22H35N3O3. The maximum atomic E-state index is 12.6. The predicted molar refractivity (Wildman–Crippen MR) is 113 cm³/mol. The molecule has 1 aromatic rings. The minimum atomic E-state index is -0.263. The number of urea groups is 1. The van der Waals surface area contributed by atoms with Crippen LogP contribution in [0.15, 0.2) is 24.3 Å². The van der Waals surface area contributed by atoms with E-state index in [1.807, 2.05) is 24.3 Å². The van der Waals surface area contributed by atoms with E-state index in [-0.39, 0.29) is 17.9 Å². The number of nitrogens with one attached hydrogen (secondary N) is 1. The van der Waals surface area contributed by atoms with Crippen molar-refractivity contribution in [1.29, 1.82) is 0 Å². The highest BCUT2D eigenvalue weighted by molar-refractivity contribution is 5.95. The Labute approximate surface area is 169 Å². The third-order valence-corrected chi connectivity index (χ3v) is 5.32. The van der Waals surface area contributed by atoms with Crippen LogP contribution in [-0.4, -0.2) is 50.1 Å². The van der Waals surface area contributed by atoms with Crippen molar-refractivity contribution in [3.8, 4) is 5.75 Å². The van der Waals surface area contributed by atoms with E-state index >= 15 is 0 Å². The summed E-state index contributed by atoms with van der Waals surface area (Å²) in [5.41, 5.74) is 1.09. The summed E-state index contributed by atoms with van der Waals surface area (Å²) >= 11 is 0. The number of carbonyl (C=O) groups is 2. The number of hydrogen-bond acceptors (Lipinski definition) is 4.